The molecular weight excluding hydrogens is 324 g/mol. The van der Waals surface area contributed by atoms with Crippen LogP contribution in [0.15, 0.2) is 53.4 Å². The normalized spacial score (nSPS) is 10.2. The van der Waals surface area contributed by atoms with Crippen molar-refractivity contribution in [1.29, 1.82) is 0 Å². The highest BCUT2D eigenvalue weighted by molar-refractivity contribution is 7.99. The van der Waals surface area contributed by atoms with Gasteiger partial charge >= 0.3 is 0 Å². The fourth-order valence-corrected chi connectivity index (χ4v) is 3.05. The first-order chi connectivity index (χ1) is 11.6. The van der Waals surface area contributed by atoms with E-state index in [2.05, 4.69) is 10.6 Å². The van der Waals surface area contributed by atoms with Gasteiger partial charge in [-0.05, 0) is 30.3 Å². The van der Waals surface area contributed by atoms with Gasteiger partial charge in [-0.25, -0.2) is 0 Å². The van der Waals surface area contributed by atoms with Crippen LogP contribution in [0.25, 0.3) is 0 Å². The van der Waals surface area contributed by atoms with Gasteiger partial charge in [-0.2, -0.15) is 0 Å². The summed E-state index contributed by atoms with van der Waals surface area (Å²) in [4.78, 5) is 24.6. The molecule has 0 aromatic heterocycles. The molecule has 0 aliphatic heterocycles. The maximum absolute atomic E-state index is 12.6. The molecule has 2 aromatic carbocycles. The van der Waals surface area contributed by atoms with E-state index < -0.39 is 0 Å². The molecule has 0 aliphatic rings. The molecule has 0 heterocycles. The summed E-state index contributed by atoms with van der Waals surface area (Å²) in [5.41, 5.74) is 1.88. The van der Waals surface area contributed by atoms with Gasteiger partial charge in [0.1, 0.15) is 0 Å². The quantitative estimate of drug-likeness (QED) is 0.594. The van der Waals surface area contributed by atoms with Crippen molar-refractivity contribution in [2.75, 3.05) is 30.1 Å². The summed E-state index contributed by atoms with van der Waals surface area (Å²) in [5, 5.41) is 5.56. The number of rotatable bonds is 7. The molecule has 2 aromatic rings. The highest BCUT2D eigenvalue weighted by Gasteiger charge is 2.12. The van der Waals surface area contributed by atoms with Gasteiger partial charge in [-0.15, -0.1) is 11.8 Å². The summed E-state index contributed by atoms with van der Waals surface area (Å²) in [6, 6.07) is 14.5. The van der Waals surface area contributed by atoms with E-state index in [4.69, 9.17) is 4.74 Å². The zero-order valence-electron chi connectivity index (χ0n) is 13.7. The third-order valence-corrected chi connectivity index (χ3v) is 4.16. The van der Waals surface area contributed by atoms with Crippen molar-refractivity contribution in [3.05, 3.63) is 54.1 Å². The summed E-state index contributed by atoms with van der Waals surface area (Å²) in [7, 11) is 1.65. The van der Waals surface area contributed by atoms with Crippen LogP contribution < -0.4 is 10.6 Å². The highest BCUT2D eigenvalue weighted by atomic mass is 32.2. The smallest absolute Gasteiger partial charge is 0.256 e. The van der Waals surface area contributed by atoms with E-state index >= 15 is 0 Å². The topological polar surface area (TPSA) is 67.4 Å². The van der Waals surface area contributed by atoms with Crippen molar-refractivity contribution in [3.63, 3.8) is 0 Å². The van der Waals surface area contributed by atoms with Gasteiger partial charge in [0.2, 0.25) is 5.91 Å². The van der Waals surface area contributed by atoms with E-state index in [0.717, 1.165) is 10.6 Å². The summed E-state index contributed by atoms with van der Waals surface area (Å²) in [5.74, 6) is 0.438. The van der Waals surface area contributed by atoms with Gasteiger partial charge in [0.15, 0.2) is 0 Å². The van der Waals surface area contributed by atoms with E-state index in [-0.39, 0.29) is 11.8 Å². The number of carbonyl (C=O) groups excluding carboxylic acids is 2. The molecule has 0 spiro atoms. The molecule has 2 amide bonds. The Balaban J connectivity index is 2.11. The molecule has 0 radical (unpaired) electrons. The van der Waals surface area contributed by atoms with Gasteiger partial charge in [0.25, 0.3) is 5.91 Å². The van der Waals surface area contributed by atoms with Crippen LogP contribution in [-0.4, -0.2) is 31.3 Å². The third-order valence-electron chi connectivity index (χ3n) is 3.12. The number of benzene rings is 2. The molecule has 5 nitrogen and oxygen atoms in total. The SMILES string of the molecule is COCCSc1ccccc1C(=O)Nc1cccc(NC(C)=O)c1. The molecule has 126 valence electrons. The van der Waals surface area contributed by atoms with Crippen molar-refractivity contribution >= 4 is 35.0 Å². The molecule has 0 aliphatic carbocycles. The minimum Gasteiger partial charge on any atom is -0.384 e. The number of amides is 2. The number of nitrogens with one attached hydrogen (secondary N) is 2. The number of ether oxygens (including phenoxy) is 1. The van der Waals surface area contributed by atoms with Crippen LogP contribution in [0.2, 0.25) is 0 Å². The molecule has 0 atom stereocenters. The van der Waals surface area contributed by atoms with Gasteiger partial charge in [-0.1, -0.05) is 18.2 Å². The second kappa shape index (κ2) is 9.10. The lowest BCUT2D eigenvalue weighted by atomic mass is 10.2. The van der Waals surface area contributed by atoms with Crippen LogP contribution in [0.5, 0.6) is 0 Å². The van der Waals surface area contributed by atoms with Crippen LogP contribution >= 0.6 is 11.8 Å². The lowest BCUT2D eigenvalue weighted by Gasteiger charge is -2.11. The Labute approximate surface area is 145 Å². The van der Waals surface area contributed by atoms with Crippen LogP contribution in [-0.2, 0) is 9.53 Å². The summed E-state index contributed by atoms with van der Waals surface area (Å²) in [6.07, 6.45) is 0. The lowest BCUT2D eigenvalue weighted by molar-refractivity contribution is -0.114. The number of hydrogen-bond acceptors (Lipinski definition) is 4. The van der Waals surface area contributed by atoms with Gasteiger partial charge in [-0.3, -0.25) is 9.59 Å². The minimum atomic E-state index is -0.185. The maximum atomic E-state index is 12.6. The molecule has 0 saturated carbocycles. The van der Waals surface area contributed by atoms with E-state index in [0.29, 0.717) is 23.5 Å². The maximum Gasteiger partial charge on any atom is 0.256 e. The Morgan fingerprint density at radius 3 is 2.46 bits per heavy atom. The Hall–Kier alpha value is -2.31. The zero-order valence-corrected chi connectivity index (χ0v) is 14.5. The molecule has 24 heavy (non-hydrogen) atoms. The zero-order chi connectivity index (χ0) is 17.4. The standard InChI is InChI=1S/C18H20N2O3S/c1-13(21)19-14-6-5-7-15(12-14)20-18(22)16-8-3-4-9-17(16)24-11-10-23-2/h3-9,12H,10-11H2,1-2H3,(H,19,21)(H,20,22). The molecule has 0 bridgehead atoms. The summed E-state index contributed by atoms with van der Waals surface area (Å²) >= 11 is 1.58. The Morgan fingerprint density at radius 1 is 1.04 bits per heavy atom. The van der Waals surface area contributed by atoms with Crippen LogP contribution in [0, 0.1) is 0 Å². The molecular formula is C18H20N2O3S. The first-order valence-electron chi connectivity index (χ1n) is 7.50. The molecule has 0 fully saturated rings. The predicted octanol–water partition coefficient (Wildman–Crippen LogP) is 3.64. The number of anilines is 2. The summed E-state index contributed by atoms with van der Waals surface area (Å²) < 4.78 is 5.05. The largest absolute Gasteiger partial charge is 0.384 e. The molecule has 6 heteroatoms. The Bertz CT molecular complexity index is 719. The van der Waals surface area contributed by atoms with Crippen molar-refractivity contribution in [3.8, 4) is 0 Å². The molecule has 2 N–H and O–H groups in total. The lowest BCUT2D eigenvalue weighted by Crippen LogP contribution is -2.13. The van der Waals surface area contributed by atoms with Crippen molar-refractivity contribution in [2.24, 2.45) is 0 Å². The predicted molar refractivity (Wildman–Crippen MR) is 97.7 cm³/mol. The number of carbonyl (C=O) groups is 2. The fourth-order valence-electron chi connectivity index (χ4n) is 2.09. The Kier molecular flexibility index (Phi) is 6.84. The molecule has 2 rings (SSSR count). The Morgan fingerprint density at radius 2 is 1.75 bits per heavy atom. The van der Waals surface area contributed by atoms with Crippen LogP contribution in [0.1, 0.15) is 17.3 Å². The van der Waals surface area contributed by atoms with Crippen molar-refractivity contribution < 1.29 is 14.3 Å². The third kappa shape index (κ3) is 5.40. The average molecular weight is 344 g/mol. The van der Waals surface area contributed by atoms with E-state index in [9.17, 15) is 9.59 Å². The van der Waals surface area contributed by atoms with Gasteiger partial charge < -0.3 is 15.4 Å². The highest BCUT2D eigenvalue weighted by Crippen LogP contribution is 2.24. The van der Waals surface area contributed by atoms with Crippen molar-refractivity contribution in [1.82, 2.24) is 0 Å². The van der Waals surface area contributed by atoms with E-state index in [1.54, 1.807) is 49.2 Å². The van der Waals surface area contributed by atoms with Crippen molar-refractivity contribution in [2.45, 2.75) is 11.8 Å². The fraction of sp³-hybridized carbons (Fsp3) is 0.222. The number of methoxy groups -OCH3 is 1. The van der Waals surface area contributed by atoms with Gasteiger partial charge in [0.05, 0.1) is 12.2 Å². The monoisotopic (exact) mass is 344 g/mol. The summed E-state index contributed by atoms with van der Waals surface area (Å²) in [6.45, 7) is 2.07. The first kappa shape index (κ1) is 18.0. The van der Waals surface area contributed by atoms with Crippen LogP contribution in [0.3, 0.4) is 0 Å². The average Bonchev–Trinajstić information content (AvgIpc) is 2.55. The number of hydrogen-bond donors (Lipinski definition) is 2. The van der Waals surface area contributed by atoms with Crippen LogP contribution in [0.4, 0.5) is 11.4 Å². The van der Waals surface area contributed by atoms with E-state index in [1.165, 1.54) is 6.92 Å². The molecule has 0 unspecified atom stereocenters. The minimum absolute atomic E-state index is 0.154. The second-order valence-electron chi connectivity index (χ2n) is 5.05. The second-order valence-corrected chi connectivity index (χ2v) is 6.19. The van der Waals surface area contributed by atoms with E-state index in [1.807, 2.05) is 18.2 Å². The molecule has 0 saturated heterocycles. The van der Waals surface area contributed by atoms with Gasteiger partial charge in [0, 0.05) is 36.1 Å². The first-order valence-corrected chi connectivity index (χ1v) is 8.48. The number of thioether (sulfide) groups is 1.